The summed E-state index contributed by atoms with van der Waals surface area (Å²) in [5.41, 5.74) is 0. The third-order valence-electron chi connectivity index (χ3n) is 3.98. The number of likely N-dealkylation sites (tertiary alicyclic amines) is 1. The number of piperidine rings is 1. The number of hydrogen-bond donors (Lipinski definition) is 1. The average molecular weight is 280 g/mol. The molecule has 0 radical (unpaired) electrons. The molecular weight excluding hydrogens is 253 g/mol. The first kappa shape index (κ1) is 16.8. The Morgan fingerprint density at radius 3 is 2.63 bits per heavy atom. The van der Waals surface area contributed by atoms with E-state index in [1.165, 1.54) is 0 Å². The van der Waals surface area contributed by atoms with Crippen LogP contribution in [0.1, 0.15) is 46.0 Å². The highest BCUT2D eigenvalue weighted by Gasteiger charge is 2.41. The van der Waals surface area contributed by atoms with Gasteiger partial charge in [0.25, 0.3) is 0 Å². The summed E-state index contributed by atoms with van der Waals surface area (Å²) in [7, 11) is 0. The summed E-state index contributed by atoms with van der Waals surface area (Å²) in [5.74, 6) is -1.11. The molecule has 0 bridgehead atoms. The van der Waals surface area contributed by atoms with E-state index in [1.807, 2.05) is 4.90 Å². The summed E-state index contributed by atoms with van der Waals surface area (Å²) in [5, 5.41) is 3.40. The molecule has 0 saturated carbocycles. The van der Waals surface area contributed by atoms with Crippen molar-refractivity contribution in [1.82, 2.24) is 10.2 Å². The molecule has 0 aromatic carbocycles. The lowest BCUT2D eigenvalue weighted by atomic mass is 9.97. The summed E-state index contributed by atoms with van der Waals surface area (Å²) >= 11 is 0. The average Bonchev–Trinajstić information content (AvgIpc) is 2.37. The molecule has 2 nitrogen and oxygen atoms in total. The zero-order valence-electron chi connectivity index (χ0n) is 12.1. The second-order valence-electron chi connectivity index (χ2n) is 5.49. The molecule has 5 heteroatoms. The van der Waals surface area contributed by atoms with Crippen molar-refractivity contribution in [2.75, 3.05) is 26.2 Å². The molecule has 114 valence electrons. The van der Waals surface area contributed by atoms with Crippen molar-refractivity contribution >= 4 is 0 Å². The number of nitrogens with zero attached hydrogens (tertiary/aromatic N) is 1. The summed E-state index contributed by atoms with van der Waals surface area (Å²) in [6, 6.07) is 0.508. The molecule has 2 atom stereocenters. The minimum absolute atomic E-state index is 0.196. The van der Waals surface area contributed by atoms with Crippen LogP contribution in [0.4, 0.5) is 13.2 Å². The van der Waals surface area contributed by atoms with E-state index < -0.39 is 12.1 Å². The molecule has 0 aromatic rings. The molecule has 1 fully saturated rings. The zero-order valence-corrected chi connectivity index (χ0v) is 12.1. The van der Waals surface area contributed by atoms with Crippen molar-refractivity contribution in [3.05, 3.63) is 0 Å². The summed E-state index contributed by atoms with van der Waals surface area (Å²) in [6.45, 7) is 7.01. The Balaban J connectivity index is 2.25. The van der Waals surface area contributed by atoms with E-state index in [0.717, 1.165) is 38.9 Å². The van der Waals surface area contributed by atoms with Crippen molar-refractivity contribution in [3.63, 3.8) is 0 Å². The van der Waals surface area contributed by atoms with Gasteiger partial charge < -0.3 is 10.2 Å². The van der Waals surface area contributed by atoms with Gasteiger partial charge in [0.15, 0.2) is 0 Å². The van der Waals surface area contributed by atoms with Gasteiger partial charge in [-0.3, -0.25) is 0 Å². The largest absolute Gasteiger partial charge is 0.393 e. The minimum atomic E-state index is -4.02. The van der Waals surface area contributed by atoms with Crippen LogP contribution in [0.3, 0.4) is 0 Å². The second kappa shape index (κ2) is 8.10. The SMILES string of the molecule is CCNC(CC)CCCN1CCCC(C(F)(F)F)C1. The molecule has 1 heterocycles. The maximum absolute atomic E-state index is 12.7. The third kappa shape index (κ3) is 6.13. The number of halogens is 3. The maximum atomic E-state index is 12.7. The molecule has 0 aliphatic carbocycles. The summed E-state index contributed by atoms with van der Waals surface area (Å²) < 4.78 is 38.1. The van der Waals surface area contributed by atoms with Gasteiger partial charge in [-0.2, -0.15) is 13.2 Å². The lowest BCUT2D eigenvalue weighted by Gasteiger charge is -2.34. The summed E-state index contributed by atoms with van der Waals surface area (Å²) in [6.07, 6.45) is 0.0740. The van der Waals surface area contributed by atoms with E-state index in [0.29, 0.717) is 18.9 Å². The van der Waals surface area contributed by atoms with E-state index in [-0.39, 0.29) is 6.54 Å². The van der Waals surface area contributed by atoms with Gasteiger partial charge >= 0.3 is 6.18 Å². The quantitative estimate of drug-likeness (QED) is 0.768. The monoisotopic (exact) mass is 280 g/mol. The number of hydrogen-bond acceptors (Lipinski definition) is 2. The van der Waals surface area contributed by atoms with Gasteiger partial charge in [0, 0.05) is 12.6 Å². The van der Waals surface area contributed by atoms with Crippen molar-refractivity contribution in [3.8, 4) is 0 Å². The Kier molecular flexibility index (Phi) is 7.15. The lowest BCUT2D eigenvalue weighted by Crippen LogP contribution is -2.42. The molecule has 1 N–H and O–H groups in total. The van der Waals surface area contributed by atoms with E-state index in [1.54, 1.807) is 0 Å². The molecule has 1 aliphatic rings. The van der Waals surface area contributed by atoms with Crippen LogP contribution >= 0.6 is 0 Å². The maximum Gasteiger partial charge on any atom is 0.393 e. The fraction of sp³-hybridized carbons (Fsp3) is 1.00. The second-order valence-corrected chi connectivity index (χ2v) is 5.49. The van der Waals surface area contributed by atoms with E-state index >= 15 is 0 Å². The highest BCUT2D eigenvalue weighted by atomic mass is 19.4. The van der Waals surface area contributed by atoms with Crippen LogP contribution in [0.25, 0.3) is 0 Å². The number of rotatable bonds is 7. The van der Waals surface area contributed by atoms with E-state index in [4.69, 9.17) is 0 Å². The van der Waals surface area contributed by atoms with Gasteiger partial charge in [0.2, 0.25) is 0 Å². The molecule has 1 rings (SSSR count). The molecule has 19 heavy (non-hydrogen) atoms. The van der Waals surface area contributed by atoms with Gasteiger partial charge in [-0.15, -0.1) is 0 Å². The van der Waals surface area contributed by atoms with Crippen LogP contribution < -0.4 is 5.32 Å². The Hall–Kier alpha value is -0.290. The van der Waals surface area contributed by atoms with Crippen molar-refractivity contribution in [2.45, 2.75) is 58.2 Å². The standard InChI is InChI=1S/C14H27F3N2/c1-3-13(18-4-2)8-6-10-19-9-5-7-12(11-19)14(15,16)17/h12-13,18H,3-11H2,1-2H3. The van der Waals surface area contributed by atoms with Crippen LogP contribution in [0, 0.1) is 5.92 Å². The van der Waals surface area contributed by atoms with Gasteiger partial charge in [0.1, 0.15) is 0 Å². The smallest absolute Gasteiger partial charge is 0.314 e. The molecule has 0 amide bonds. The topological polar surface area (TPSA) is 15.3 Å². The van der Waals surface area contributed by atoms with Crippen molar-refractivity contribution in [1.29, 1.82) is 0 Å². The van der Waals surface area contributed by atoms with Gasteiger partial charge in [-0.25, -0.2) is 0 Å². The van der Waals surface area contributed by atoms with Crippen molar-refractivity contribution in [2.24, 2.45) is 5.92 Å². The van der Waals surface area contributed by atoms with Crippen LogP contribution in [0.15, 0.2) is 0 Å². The number of alkyl halides is 3. The molecule has 2 unspecified atom stereocenters. The Bertz CT molecular complexity index is 243. The Morgan fingerprint density at radius 2 is 2.05 bits per heavy atom. The third-order valence-corrected chi connectivity index (χ3v) is 3.98. The first-order valence-corrected chi connectivity index (χ1v) is 7.49. The molecule has 0 spiro atoms. The van der Waals surface area contributed by atoms with Gasteiger partial charge in [0.05, 0.1) is 5.92 Å². The first-order valence-electron chi connectivity index (χ1n) is 7.49. The van der Waals surface area contributed by atoms with E-state index in [2.05, 4.69) is 19.2 Å². The van der Waals surface area contributed by atoms with Crippen LogP contribution in [-0.4, -0.2) is 43.3 Å². The molecule has 0 aromatic heterocycles. The van der Waals surface area contributed by atoms with Crippen LogP contribution in [0.2, 0.25) is 0 Å². The highest BCUT2D eigenvalue weighted by Crippen LogP contribution is 2.33. The fourth-order valence-corrected chi connectivity index (χ4v) is 2.83. The highest BCUT2D eigenvalue weighted by molar-refractivity contribution is 4.78. The van der Waals surface area contributed by atoms with Crippen LogP contribution in [-0.2, 0) is 0 Å². The molecule has 1 aliphatic heterocycles. The van der Waals surface area contributed by atoms with Crippen molar-refractivity contribution < 1.29 is 13.2 Å². The van der Waals surface area contributed by atoms with E-state index in [9.17, 15) is 13.2 Å². The number of nitrogens with one attached hydrogen (secondary N) is 1. The van der Waals surface area contributed by atoms with Gasteiger partial charge in [-0.1, -0.05) is 13.8 Å². The lowest BCUT2D eigenvalue weighted by molar-refractivity contribution is -0.186. The molecular formula is C14H27F3N2. The first-order chi connectivity index (χ1) is 8.97. The Morgan fingerprint density at radius 1 is 1.32 bits per heavy atom. The van der Waals surface area contributed by atoms with Gasteiger partial charge in [-0.05, 0) is 51.7 Å². The summed E-state index contributed by atoms with van der Waals surface area (Å²) in [4.78, 5) is 1.99. The predicted molar refractivity (Wildman–Crippen MR) is 72.2 cm³/mol. The van der Waals surface area contributed by atoms with Crippen LogP contribution in [0.5, 0.6) is 0 Å². The molecule has 1 saturated heterocycles. The minimum Gasteiger partial charge on any atom is -0.314 e. The zero-order chi connectivity index (χ0) is 14.3. The predicted octanol–water partition coefficient (Wildman–Crippen LogP) is 3.43. The normalized spacial score (nSPS) is 23.5. The Labute approximate surface area is 114 Å². The fourth-order valence-electron chi connectivity index (χ4n) is 2.83.